The van der Waals surface area contributed by atoms with E-state index in [0.29, 0.717) is 0 Å². The average molecular weight is 455 g/mol. The van der Waals surface area contributed by atoms with Crippen molar-refractivity contribution in [3.8, 4) is 0 Å². The minimum absolute atomic E-state index is 0.0299. The van der Waals surface area contributed by atoms with Gasteiger partial charge >= 0.3 is 30.0 Å². The second kappa shape index (κ2) is 12.3. The number of aliphatic carboxylic acids is 3. The van der Waals surface area contributed by atoms with Gasteiger partial charge in [0.25, 0.3) is 0 Å². The van der Waals surface area contributed by atoms with E-state index in [1.54, 1.807) is 0 Å². The molecule has 12 nitrogen and oxygen atoms in total. The molecule has 0 aliphatic rings. The van der Waals surface area contributed by atoms with Gasteiger partial charge in [0.05, 0.1) is 6.42 Å². The van der Waals surface area contributed by atoms with Crippen LogP contribution in [0.25, 0.3) is 0 Å². The zero-order valence-corrected chi connectivity index (χ0v) is 15.7. The largest absolute Gasteiger partial charge is 0.481 e. The lowest BCUT2D eigenvalue weighted by atomic mass is 9.98. The average Bonchev–Trinajstić information content (AvgIpc) is 2.62. The van der Waals surface area contributed by atoms with Gasteiger partial charge in [-0.15, -0.1) is 0 Å². The molecule has 6 N–H and O–H groups in total. The van der Waals surface area contributed by atoms with Gasteiger partial charge in [-0.05, 0) is 12.8 Å². The van der Waals surface area contributed by atoms with Gasteiger partial charge in [-0.1, -0.05) is 12.2 Å². The molecular formula is C16H20F3N3O9. The van der Waals surface area contributed by atoms with Crippen LogP contribution in [0, 0.1) is 0 Å². The molecule has 2 amide bonds. The Morgan fingerprint density at radius 2 is 1.45 bits per heavy atom. The van der Waals surface area contributed by atoms with Crippen LogP contribution in [-0.2, 0) is 28.8 Å². The van der Waals surface area contributed by atoms with Gasteiger partial charge in [0, 0.05) is 6.04 Å². The van der Waals surface area contributed by atoms with E-state index in [4.69, 9.17) is 10.2 Å². The summed E-state index contributed by atoms with van der Waals surface area (Å²) < 4.78 is 37.3. The molecule has 3 unspecified atom stereocenters. The van der Waals surface area contributed by atoms with Crippen molar-refractivity contribution < 1.29 is 57.3 Å². The number of aldehydes is 1. The fourth-order valence-corrected chi connectivity index (χ4v) is 2.38. The molecule has 0 saturated heterocycles. The van der Waals surface area contributed by atoms with Crippen molar-refractivity contribution in [3.63, 3.8) is 0 Å². The summed E-state index contributed by atoms with van der Waals surface area (Å²) in [5.41, 5.74) is -0.0299. The molecule has 0 aromatic carbocycles. The summed E-state index contributed by atoms with van der Waals surface area (Å²) in [4.78, 5) is 66.2. The van der Waals surface area contributed by atoms with Gasteiger partial charge in [0.15, 0.2) is 0 Å². The number of alkyl halides is 3. The van der Waals surface area contributed by atoms with E-state index in [1.165, 1.54) is 5.32 Å². The molecule has 15 heteroatoms. The number of halogens is 3. The monoisotopic (exact) mass is 455 g/mol. The molecule has 0 rings (SSSR count). The van der Waals surface area contributed by atoms with E-state index in [9.17, 15) is 47.0 Å². The quantitative estimate of drug-likeness (QED) is 0.127. The molecule has 0 aliphatic carbocycles. The van der Waals surface area contributed by atoms with Crippen LogP contribution in [0.3, 0.4) is 0 Å². The molecule has 174 valence electrons. The second-order valence-corrected chi connectivity index (χ2v) is 6.23. The number of carboxylic acid groups (broad SMARTS) is 3. The minimum atomic E-state index is -5.38. The summed E-state index contributed by atoms with van der Waals surface area (Å²) in [5, 5.41) is 32.6. The standard InChI is InChI=1S/C16H20F3N3O9/c1-7(2-9(13(27)28)20-6-24)3-10(14(29)30)21-8(4-12(25)26)11(5-23)22-15(31)16(17,18)19/h5-6,8-11,21H,1-4H2,(H,20,24)(H,22,31)(H,25,26)(H,27,28)(H,29,30)/t8?,9?,10?,11-/m1/s1. The first kappa shape index (κ1) is 27.5. The zero-order chi connectivity index (χ0) is 24.4. The van der Waals surface area contributed by atoms with E-state index >= 15 is 0 Å². The lowest BCUT2D eigenvalue weighted by Gasteiger charge is -2.28. The molecule has 31 heavy (non-hydrogen) atoms. The predicted molar refractivity (Wildman–Crippen MR) is 93.6 cm³/mol. The van der Waals surface area contributed by atoms with Gasteiger partial charge in [-0.2, -0.15) is 13.2 Å². The predicted octanol–water partition coefficient (Wildman–Crippen LogP) is -1.35. The first-order valence-electron chi connectivity index (χ1n) is 8.35. The summed E-state index contributed by atoms with van der Waals surface area (Å²) in [6, 6.07) is -6.97. The number of nitrogens with one attached hydrogen (secondary N) is 3. The van der Waals surface area contributed by atoms with Gasteiger partial charge in [0.1, 0.15) is 24.4 Å². The maximum atomic E-state index is 12.4. The molecular weight excluding hydrogens is 435 g/mol. The number of hydrogen-bond donors (Lipinski definition) is 6. The first-order valence-corrected chi connectivity index (χ1v) is 8.35. The van der Waals surface area contributed by atoms with Gasteiger partial charge in [-0.25, -0.2) is 4.79 Å². The highest BCUT2D eigenvalue weighted by atomic mass is 19.4. The van der Waals surface area contributed by atoms with Gasteiger partial charge < -0.3 is 30.7 Å². The molecule has 0 aromatic rings. The maximum Gasteiger partial charge on any atom is 0.471 e. The van der Waals surface area contributed by atoms with Crippen LogP contribution >= 0.6 is 0 Å². The molecule has 4 atom stereocenters. The molecule has 0 spiro atoms. The van der Waals surface area contributed by atoms with Gasteiger partial charge in [0.2, 0.25) is 6.41 Å². The second-order valence-electron chi connectivity index (χ2n) is 6.23. The van der Waals surface area contributed by atoms with E-state index in [-0.39, 0.29) is 18.3 Å². The molecule has 0 radical (unpaired) electrons. The summed E-state index contributed by atoms with van der Waals surface area (Å²) in [7, 11) is 0. The lowest BCUT2D eigenvalue weighted by molar-refractivity contribution is -0.174. The van der Waals surface area contributed by atoms with Crippen molar-refractivity contribution in [2.24, 2.45) is 0 Å². The van der Waals surface area contributed by atoms with E-state index in [1.807, 2.05) is 5.32 Å². The molecule has 0 fully saturated rings. The molecule has 0 aromatic heterocycles. The van der Waals surface area contributed by atoms with Crippen LogP contribution in [0.5, 0.6) is 0 Å². The smallest absolute Gasteiger partial charge is 0.471 e. The van der Waals surface area contributed by atoms with Crippen molar-refractivity contribution in [2.75, 3.05) is 0 Å². The Labute approximate surface area is 172 Å². The Morgan fingerprint density at radius 1 is 0.935 bits per heavy atom. The number of amides is 2. The Kier molecular flexibility index (Phi) is 10.9. The van der Waals surface area contributed by atoms with Crippen molar-refractivity contribution in [2.45, 2.75) is 49.6 Å². The van der Waals surface area contributed by atoms with Crippen LogP contribution < -0.4 is 16.0 Å². The fraction of sp³-hybridized carbons (Fsp3) is 0.500. The Balaban J connectivity index is 5.51. The van der Waals surface area contributed by atoms with Crippen LogP contribution in [-0.4, -0.2) is 82.2 Å². The molecule has 0 aliphatic heterocycles. The van der Waals surface area contributed by atoms with Crippen molar-refractivity contribution in [1.29, 1.82) is 0 Å². The number of hydrogen-bond acceptors (Lipinski definition) is 7. The summed E-state index contributed by atoms with van der Waals surface area (Å²) in [6.45, 7) is 3.47. The third-order valence-electron chi connectivity index (χ3n) is 3.80. The first-order chi connectivity index (χ1) is 14.2. The van der Waals surface area contributed by atoms with E-state index < -0.39 is 73.4 Å². The normalized spacial score (nSPS) is 14.9. The summed E-state index contributed by atoms with van der Waals surface area (Å²) in [6.07, 6.45) is -7.46. The third-order valence-corrected chi connectivity index (χ3v) is 3.80. The van der Waals surface area contributed by atoms with Crippen LogP contribution in [0.4, 0.5) is 13.2 Å². The Bertz CT molecular complexity index is 727. The Morgan fingerprint density at radius 3 is 1.84 bits per heavy atom. The fourth-order valence-electron chi connectivity index (χ4n) is 2.38. The van der Waals surface area contributed by atoms with Crippen LogP contribution in [0.15, 0.2) is 12.2 Å². The van der Waals surface area contributed by atoms with E-state index in [0.717, 1.165) is 0 Å². The highest BCUT2D eigenvalue weighted by molar-refractivity contribution is 5.85. The van der Waals surface area contributed by atoms with Crippen molar-refractivity contribution in [3.05, 3.63) is 12.2 Å². The van der Waals surface area contributed by atoms with E-state index in [2.05, 4.69) is 11.9 Å². The lowest BCUT2D eigenvalue weighted by Crippen LogP contribution is -2.57. The number of rotatable bonds is 15. The summed E-state index contributed by atoms with van der Waals surface area (Å²) in [5.74, 6) is -7.23. The Hall–Kier alpha value is -3.49. The molecule has 0 heterocycles. The molecule has 0 saturated carbocycles. The number of carboxylic acids is 3. The van der Waals surface area contributed by atoms with Crippen LogP contribution in [0.1, 0.15) is 19.3 Å². The van der Waals surface area contributed by atoms with Crippen molar-refractivity contribution in [1.82, 2.24) is 16.0 Å². The SMILES string of the molecule is C=C(CC(NC=O)C(=O)O)CC(NC(CC(=O)O)[C@@H](C=O)NC(=O)C(F)(F)F)C(=O)O. The highest BCUT2D eigenvalue weighted by Gasteiger charge is 2.41. The summed E-state index contributed by atoms with van der Waals surface area (Å²) >= 11 is 0. The van der Waals surface area contributed by atoms with Crippen molar-refractivity contribution >= 4 is 36.5 Å². The highest BCUT2D eigenvalue weighted by Crippen LogP contribution is 2.16. The van der Waals surface area contributed by atoms with Crippen LogP contribution in [0.2, 0.25) is 0 Å². The van der Waals surface area contributed by atoms with Gasteiger partial charge in [-0.3, -0.25) is 24.5 Å². The number of carbonyl (C=O) groups is 6. The molecule has 0 bridgehead atoms. The maximum absolute atomic E-state index is 12.4. The number of carbonyl (C=O) groups excluding carboxylic acids is 3. The minimum Gasteiger partial charge on any atom is -0.481 e. The third kappa shape index (κ3) is 10.2. The zero-order valence-electron chi connectivity index (χ0n) is 15.7. The topological polar surface area (TPSA) is 199 Å².